The molecule has 1 aromatic carbocycles. The number of aromatic nitrogens is 1. The average Bonchev–Trinajstić information content (AvgIpc) is 3.31. The maximum atomic E-state index is 12.4. The Morgan fingerprint density at radius 3 is 3.04 bits per heavy atom. The van der Waals surface area contributed by atoms with Crippen LogP contribution >= 0.6 is 22.9 Å². The van der Waals surface area contributed by atoms with Gasteiger partial charge in [0.2, 0.25) is 5.91 Å². The fraction of sp³-hybridized carbons (Fsp3) is 0.444. The van der Waals surface area contributed by atoms with E-state index in [1.807, 2.05) is 29.6 Å². The van der Waals surface area contributed by atoms with Crippen molar-refractivity contribution in [2.24, 2.45) is 5.92 Å². The van der Waals surface area contributed by atoms with E-state index < -0.39 is 0 Å². The van der Waals surface area contributed by atoms with E-state index in [1.165, 1.54) is 11.3 Å². The van der Waals surface area contributed by atoms with E-state index in [0.29, 0.717) is 5.13 Å². The summed E-state index contributed by atoms with van der Waals surface area (Å²) in [5, 5.41) is 6.39. The lowest BCUT2D eigenvalue weighted by Gasteiger charge is -2.25. The number of nitrogens with one attached hydrogen (secondary N) is 1. The molecule has 1 aromatic heterocycles. The normalized spacial score (nSPS) is 23.4. The summed E-state index contributed by atoms with van der Waals surface area (Å²) in [4.78, 5) is 19.3. The Labute approximate surface area is 156 Å². The van der Waals surface area contributed by atoms with Crippen molar-refractivity contribution in [3.05, 3.63) is 45.9 Å². The molecule has 0 bridgehead atoms. The van der Waals surface area contributed by atoms with Gasteiger partial charge in [0.05, 0.1) is 18.9 Å². The third kappa shape index (κ3) is 4.20. The zero-order valence-electron chi connectivity index (χ0n) is 13.8. The van der Waals surface area contributed by atoms with Crippen LogP contribution < -0.4 is 5.32 Å². The number of rotatable bonds is 5. The second-order valence-electron chi connectivity index (χ2n) is 6.53. The van der Waals surface area contributed by atoms with Gasteiger partial charge in [0.1, 0.15) is 0 Å². The van der Waals surface area contributed by atoms with Crippen molar-refractivity contribution < 1.29 is 9.53 Å². The van der Waals surface area contributed by atoms with Crippen molar-refractivity contribution in [1.82, 2.24) is 9.88 Å². The molecule has 5 nitrogen and oxygen atoms in total. The molecule has 2 aliphatic rings. The Bertz CT molecular complexity index is 760. The third-order valence-electron chi connectivity index (χ3n) is 4.68. The van der Waals surface area contributed by atoms with Crippen LogP contribution in [-0.2, 0) is 16.1 Å². The number of hydrogen-bond donors (Lipinski definition) is 1. The molecule has 0 spiro atoms. The van der Waals surface area contributed by atoms with Gasteiger partial charge in [-0.05, 0) is 30.0 Å². The second kappa shape index (κ2) is 7.41. The summed E-state index contributed by atoms with van der Waals surface area (Å²) >= 11 is 7.52. The lowest BCUT2D eigenvalue weighted by atomic mass is 10.1. The number of morpholine rings is 1. The Hall–Kier alpha value is -1.47. The molecule has 2 heterocycles. The second-order valence-corrected chi connectivity index (χ2v) is 7.82. The van der Waals surface area contributed by atoms with Gasteiger partial charge in [0, 0.05) is 36.0 Å². The Morgan fingerprint density at radius 1 is 1.40 bits per heavy atom. The number of nitrogens with zero attached hydrogens (tertiary/aromatic N) is 2. The number of halogens is 1. The maximum absolute atomic E-state index is 12.4. The number of anilines is 1. The van der Waals surface area contributed by atoms with E-state index in [1.54, 1.807) is 0 Å². The molecule has 4 rings (SSSR count). The highest BCUT2D eigenvalue weighted by Gasteiger charge is 2.44. The summed E-state index contributed by atoms with van der Waals surface area (Å²) in [5.41, 5.74) is 2.14. The molecule has 132 valence electrons. The molecule has 1 saturated carbocycles. The monoisotopic (exact) mass is 377 g/mol. The van der Waals surface area contributed by atoms with Crippen LogP contribution in [0.3, 0.4) is 0 Å². The first kappa shape index (κ1) is 17.0. The van der Waals surface area contributed by atoms with Gasteiger partial charge >= 0.3 is 0 Å². The van der Waals surface area contributed by atoms with Crippen LogP contribution in [-0.4, -0.2) is 42.1 Å². The molecule has 2 atom stereocenters. The Kier molecular flexibility index (Phi) is 5.03. The molecule has 1 aliphatic carbocycles. The lowest BCUT2D eigenvalue weighted by molar-refractivity contribution is -0.117. The molecule has 2 aromatic rings. The molecule has 25 heavy (non-hydrogen) atoms. The Morgan fingerprint density at radius 2 is 2.24 bits per heavy atom. The molecule has 1 N–H and O–H groups in total. The van der Waals surface area contributed by atoms with E-state index in [2.05, 4.69) is 15.2 Å². The van der Waals surface area contributed by atoms with Gasteiger partial charge in [-0.25, -0.2) is 4.98 Å². The van der Waals surface area contributed by atoms with E-state index in [0.717, 1.165) is 55.5 Å². The molecule has 7 heteroatoms. The highest BCUT2D eigenvalue weighted by atomic mass is 35.5. The predicted molar refractivity (Wildman–Crippen MR) is 99.1 cm³/mol. The Balaban J connectivity index is 1.31. The van der Waals surface area contributed by atoms with Crippen LogP contribution in [0.4, 0.5) is 5.13 Å². The van der Waals surface area contributed by atoms with Crippen molar-refractivity contribution in [3.63, 3.8) is 0 Å². The summed E-state index contributed by atoms with van der Waals surface area (Å²) in [6, 6.07) is 7.77. The molecular formula is C18H20ClN3O2S. The summed E-state index contributed by atoms with van der Waals surface area (Å²) in [5.74, 6) is 0.341. The maximum Gasteiger partial charge on any atom is 0.229 e. The van der Waals surface area contributed by atoms with E-state index in [-0.39, 0.29) is 17.7 Å². The van der Waals surface area contributed by atoms with Gasteiger partial charge in [0.15, 0.2) is 5.13 Å². The zero-order chi connectivity index (χ0) is 17.2. The van der Waals surface area contributed by atoms with Gasteiger partial charge in [-0.1, -0.05) is 23.7 Å². The van der Waals surface area contributed by atoms with Gasteiger partial charge in [-0.2, -0.15) is 0 Å². The fourth-order valence-corrected chi connectivity index (χ4v) is 4.12. The van der Waals surface area contributed by atoms with E-state index in [4.69, 9.17) is 16.3 Å². The standard InChI is InChI=1S/C18H20ClN3O2S/c19-13-3-1-2-12(8-13)15-9-16(15)17(23)21-18-20-14(11-25-18)10-22-4-6-24-7-5-22/h1-3,8,11,15-16H,4-7,9-10H2,(H,20,21,23)/t15-,16-/m1/s1. The van der Waals surface area contributed by atoms with Gasteiger partial charge in [-0.3, -0.25) is 9.69 Å². The number of benzene rings is 1. The number of hydrogen-bond acceptors (Lipinski definition) is 5. The molecule has 1 saturated heterocycles. The number of amides is 1. The topological polar surface area (TPSA) is 54.5 Å². The smallest absolute Gasteiger partial charge is 0.229 e. The quantitative estimate of drug-likeness (QED) is 0.867. The minimum atomic E-state index is 0.0186. The molecule has 1 aliphatic heterocycles. The van der Waals surface area contributed by atoms with Crippen LogP contribution in [0, 0.1) is 5.92 Å². The minimum absolute atomic E-state index is 0.0186. The van der Waals surface area contributed by atoms with E-state index in [9.17, 15) is 4.79 Å². The van der Waals surface area contributed by atoms with Crippen LogP contribution in [0.15, 0.2) is 29.6 Å². The van der Waals surface area contributed by atoms with Crippen LogP contribution in [0.25, 0.3) is 0 Å². The largest absolute Gasteiger partial charge is 0.379 e. The van der Waals surface area contributed by atoms with E-state index >= 15 is 0 Å². The lowest BCUT2D eigenvalue weighted by Crippen LogP contribution is -2.35. The molecule has 1 amide bonds. The van der Waals surface area contributed by atoms with Crippen LogP contribution in [0.1, 0.15) is 23.6 Å². The molecule has 2 fully saturated rings. The van der Waals surface area contributed by atoms with Crippen molar-refractivity contribution in [1.29, 1.82) is 0 Å². The summed E-state index contributed by atoms with van der Waals surface area (Å²) in [6.45, 7) is 4.23. The number of carbonyl (C=O) groups excluding carboxylic acids is 1. The predicted octanol–water partition coefficient (Wildman–Crippen LogP) is 3.37. The van der Waals surface area contributed by atoms with Gasteiger partial charge in [0.25, 0.3) is 0 Å². The number of thiazole rings is 1. The summed E-state index contributed by atoms with van der Waals surface area (Å²) in [6.07, 6.45) is 0.873. The summed E-state index contributed by atoms with van der Waals surface area (Å²) < 4.78 is 5.36. The first-order chi connectivity index (χ1) is 12.2. The third-order valence-corrected chi connectivity index (χ3v) is 5.72. The highest BCUT2D eigenvalue weighted by molar-refractivity contribution is 7.13. The van der Waals surface area contributed by atoms with Crippen molar-refractivity contribution in [2.75, 3.05) is 31.6 Å². The summed E-state index contributed by atoms with van der Waals surface area (Å²) in [7, 11) is 0. The molecular weight excluding hydrogens is 358 g/mol. The number of carbonyl (C=O) groups is 1. The SMILES string of the molecule is O=C(Nc1nc(CN2CCOCC2)cs1)[C@@H]1C[C@@H]1c1cccc(Cl)c1. The molecule has 0 radical (unpaired) electrons. The van der Waals surface area contributed by atoms with Crippen LogP contribution in [0.2, 0.25) is 5.02 Å². The zero-order valence-corrected chi connectivity index (χ0v) is 15.4. The minimum Gasteiger partial charge on any atom is -0.379 e. The first-order valence-corrected chi connectivity index (χ1v) is 9.75. The number of ether oxygens (including phenoxy) is 1. The fourth-order valence-electron chi connectivity index (χ4n) is 3.21. The van der Waals surface area contributed by atoms with Crippen LogP contribution in [0.5, 0.6) is 0 Å². The van der Waals surface area contributed by atoms with Crippen molar-refractivity contribution in [2.45, 2.75) is 18.9 Å². The molecule has 0 unspecified atom stereocenters. The van der Waals surface area contributed by atoms with Gasteiger partial charge in [-0.15, -0.1) is 11.3 Å². The average molecular weight is 378 g/mol. The van der Waals surface area contributed by atoms with Crippen molar-refractivity contribution in [3.8, 4) is 0 Å². The van der Waals surface area contributed by atoms with Gasteiger partial charge < -0.3 is 10.1 Å². The highest BCUT2D eigenvalue weighted by Crippen LogP contribution is 2.48. The first-order valence-electron chi connectivity index (χ1n) is 8.50. The van der Waals surface area contributed by atoms with Crippen molar-refractivity contribution >= 4 is 34.0 Å².